The molecule has 0 aliphatic heterocycles. The Labute approximate surface area is 477 Å². The third-order valence-corrected chi connectivity index (χ3v) is 14.3. The second-order valence-electron chi connectivity index (χ2n) is 23.9. The Kier molecular flexibility index (Phi) is 11.8. The van der Waals surface area contributed by atoms with Gasteiger partial charge in [-0.25, -0.2) is 4.98 Å². The number of rotatable bonds is 8. The fourth-order valence-corrected chi connectivity index (χ4v) is 9.87. The number of phenols is 1. The molecule has 0 radical (unpaired) electrons. The van der Waals surface area contributed by atoms with Crippen LogP contribution in [0.2, 0.25) is 0 Å². The Morgan fingerprint density at radius 1 is 0.500 bits per heavy atom. The first-order valence-corrected chi connectivity index (χ1v) is 25.8. The number of nitrogens with zero attached hydrogens (tertiary/aromatic N) is 3. The van der Waals surface area contributed by atoms with Crippen LogP contribution >= 0.6 is 0 Å². The van der Waals surface area contributed by atoms with E-state index < -0.39 is 30.4 Å². The number of phenolic OH excluding ortho intramolecular Hbond substituents is 1. The molecule has 10 aromatic rings. The molecule has 1 N–H and O–H groups in total. The maximum absolute atomic E-state index is 12.9. The number of aromatic hydroxyl groups is 1. The zero-order chi connectivity index (χ0) is 60.0. The van der Waals surface area contributed by atoms with Gasteiger partial charge < -0.3 is 5.11 Å². The van der Waals surface area contributed by atoms with Crippen LogP contribution in [0.15, 0.2) is 182 Å². The van der Waals surface area contributed by atoms with Crippen LogP contribution in [0.1, 0.15) is 122 Å². The van der Waals surface area contributed by atoms with Crippen LogP contribution < -0.4 is 0 Å². The van der Waals surface area contributed by atoms with Crippen molar-refractivity contribution >= 4 is 11.0 Å². The molecule has 0 bridgehead atoms. The Hall–Kier alpha value is -7.13. The van der Waals surface area contributed by atoms with E-state index in [9.17, 15) is 5.11 Å². The minimum absolute atomic E-state index is 0. The average molecular weight is 1180 g/mol. The largest absolute Gasteiger partial charge is 0.507 e. The van der Waals surface area contributed by atoms with Crippen LogP contribution in [0, 0.1) is 12.9 Å². The van der Waals surface area contributed by atoms with E-state index in [1.165, 1.54) is 5.56 Å². The van der Waals surface area contributed by atoms with E-state index in [-0.39, 0.29) is 66.3 Å². The average Bonchev–Trinajstić information content (AvgIpc) is 1.67. The summed E-state index contributed by atoms with van der Waals surface area (Å²) in [6.45, 7) is 23.2. The monoisotopic (exact) mass is 1180 g/mol. The molecule has 8 aromatic carbocycles. The zero-order valence-corrected chi connectivity index (χ0v) is 47.8. The van der Waals surface area contributed by atoms with Crippen molar-refractivity contribution in [2.75, 3.05) is 0 Å². The zero-order valence-electron chi connectivity index (χ0n) is 53.5. The number of benzene rings is 8. The van der Waals surface area contributed by atoms with Crippen molar-refractivity contribution in [3.05, 3.63) is 216 Å². The molecule has 5 heteroatoms. The molecule has 4 nitrogen and oxygen atoms in total. The summed E-state index contributed by atoms with van der Waals surface area (Å²) < 4.78 is 72.1. The molecular weight excluding hydrogens is 1110 g/mol. The third kappa shape index (κ3) is 10.7. The Balaban J connectivity index is 0.00000846. The van der Waals surface area contributed by atoms with Crippen LogP contribution in [-0.2, 0) is 42.7 Å². The number of fused-ring (bicyclic) bond motifs is 1. The van der Waals surface area contributed by atoms with Crippen LogP contribution in [0.4, 0.5) is 0 Å². The van der Waals surface area contributed by atoms with E-state index in [1.807, 2.05) is 72.8 Å². The van der Waals surface area contributed by atoms with Crippen LogP contribution in [-0.4, -0.2) is 19.6 Å². The standard InChI is InChI=1S/C71H70N3O.Pt/c1-45-37-59(49-29-33-55(34-30-49)69(5,6)7)64(44-58(45)48-23-18-15-19-24-48)74-63-26-20-25-57(65(63)73-67(74)60-42-56(70(8,9)10)43-61(66(60)75)71(11,12)13)52-38-51(47-27-31-54(32-28-47)68(2,3)4)39-53(40-52)62-41-50(35-36-72-62)46-21-16-14-17-22-46;/h14-39,41-44,75H,1-13H3;/q-1;/i1D3,14D,16D,17D,21D,22D;. The Morgan fingerprint density at radius 2 is 1.12 bits per heavy atom. The molecule has 10 rings (SSSR count). The van der Waals surface area contributed by atoms with E-state index in [0.717, 1.165) is 38.9 Å². The van der Waals surface area contributed by atoms with Gasteiger partial charge in [0.1, 0.15) is 11.6 Å². The van der Waals surface area contributed by atoms with Gasteiger partial charge in [-0.2, -0.15) is 0 Å². The van der Waals surface area contributed by atoms with Gasteiger partial charge in [0.15, 0.2) is 0 Å². The number of para-hydroxylation sites is 1. The number of hydrogen-bond donors (Lipinski definition) is 1. The topological polar surface area (TPSA) is 50.9 Å². The molecule has 2 aromatic heterocycles. The maximum atomic E-state index is 12.9. The molecule has 76 heavy (non-hydrogen) atoms. The molecule has 0 saturated heterocycles. The summed E-state index contributed by atoms with van der Waals surface area (Å²) in [5, 5.41) is 12.9. The van der Waals surface area contributed by atoms with E-state index in [4.69, 9.17) is 20.9 Å². The summed E-state index contributed by atoms with van der Waals surface area (Å²) in [5.74, 6) is 0.526. The van der Waals surface area contributed by atoms with Crippen molar-refractivity contribution in [3.63, 3.8) is 0 Å². The third-order valence-electron chi connectivity index (χ3n) is 14.3. The van der Waals surface area contributed by atoms with Gasteiger partial charge in [-0.05, 0) is 114 Å². The predicted molar refractivity (Wildman–Crippen MR) is 317 cm³/mol. The molecule has 0 aliphatic rings. The first kappa shape index (κ1) is 44.0. The molecule has 2 heterocycles. The minimum Gasteiger partial charge on any atom is -0.507 e. The van der Waals surface area contributed by atoms with E-state index in [0.29, 0.717) is 67.2 Å². The number of imidazole rings is 1. The van der Waals surface area contributed by atoms with Crippen molar-refractivity contribution in [2.45, 2.75) is 112 Å². The molecule has 386 valence electrons. The van der Waals surface area contributed by atoms with Gasteiger partial charge in [-0.1, -0.05) is 233 Å². The van der Waals surface area contributed by atoms with Crippen molar-refractivity contribution in [1.29, 1.82) is 0 Å². The fraction of sp³-hybridized carbons (Fsp3) is 0.239. The molecule has 0 saturated carbocycles. The molecule has 0 spiro atoms. The van der Waals surface area contributed by atoms with Gasteiger partial charge in [-0.3, -0.25) is 9.55 Å². The normalized spacial score (nSPS) is 13.9. The number of hydrogen-bond acceptors (Lipinski definition) is 3. The quantitative estimate of drug-likeness (QED) is 0.154. The first-order valence-electron chi connectivity index (χ1n) is 29.8. The number of pyridine rings is 1. The van der Waals surface area contributed by atoms with Crippen LogP contribution in [0.25, 0.3) is 95.0 Å². The molecule has 0 fully saturated rings. The van der Waals surface area contributed by atoms with E-state index in [2.05, 4.69) is 154 Å². The van der Waals surface area contributed by atoms with Gasteiger partial charge in [0.25, 0.3) is 0 Å². The minimum atomic E-state index is -2.51. The van der Waals surface area contributed by atoms with E-state index in [1.54, 1.807) is 18.3 Å². The summed E-state index contributed by atoms with van der Waals surface area (Å²) in [6.07, 6.45) is 1.58. The molecule has 0 atom stereocenters. The van der Waals surface area contributed by atoms with Crippen molar-refractivity contribution < 1.29 is 37.1 Å². The molecular formula is C71H70N3OPt-. The molecule has 0 aliphatic carbocycles. The summed E-state index contributed by atoms with van der Waals surface area (Å²) in [5.41, 5.74) is 12.9. The molecule has 0 amide bonds. The smallest absolute Gasteiger partial charge is 0.148 e. The summed E-state index contributed by atoms with van der Waals surface area (Å²) in [7, 11) is 0. The SMILES string of the molecule is [2H]c1c([2H])c([2H])c(-c2ccnc(-c3[c-]c(-c4cccc5c4nc(-c4cc(C(C)(C)C)cc(C(C)(C)C)c4O)n5-c4cc(-c5ccccc5)c(C([2H])([2H])[2H])cc4-c4ccc(C(C)(C)C)cc4)cc(-c4ccc(C(C)(C)C)cc4)c3)c2)c([2H])c1[2H].[Pt]. The summed E-state index contributed by atoms with van der Waals surface area (Å²) in [4.78, 5) is 10.5. The van der Waals surface area contributed by atoms with Crippen molar-refractivity contribution in [2.24, 2.45) is 0 Å². The van der Waals surface area contributed by atoms with E-state index >= 15 is 0 Å². The van der Waals surface area contributed by atoms with Crippen LogP contribution in [0.3, 0.4) is 0 Å². The Morgan fingerprint density at radius 3 is 1.74 bits per heavy atom. The summed E-state index contributed by atoms with van der Waals surface area (Å²) in [6, 6.07) is 49.5. The van der Waals surface area contributed by atoms with Gasteiger partial charge in [0, 0.05) is 48.2 Å². The van der Waals surface area contributed by atoms with Gasteiger partial charge in [0.2, 0.25) is 0 Å². The fourth-order valence-electron chi connectivity index (χ4n) is 9.87. The van der Waals surface area contributed by atoms with Gasteiger partial charge in [-0.15, -0.1) is 23.8 Å². The van der Waals surface area contributed by atoms with Crippen LogP contribution in [0.5, 0.6) is 5.75 Å². The Bertz CT molecular complexity index is 4130. The predicted octanol–water partition coefficient (Wildman–Crippen LogP) is 19.1. The van der Waals surface area contributed by atoms with Gasteiger partial charge >= 0.3 is 0 Å². The van der Waals surface area contributed by atoms with Gasteiger partial charge in [0.05, 0.1) is 29.1 Å². The second-order valence-corrected chi connectivity index (χ2v) is 23.9. The second kappa shape index (κ2) is 20.4. The first-order chi connectivity index (χ1) is 38.8. The molecule has 0 unspecified atom stereocenters. The van der Waals surface area contributed by atoms with Crippen molar-refractivity contribution in [1.82, 2.24) is 14.5 Å². The van der Waals surface area contributed by atoms with Crippen molar-refractivity contribution in [3.8, 4) is 89.7 Å². The maximum Gasteiger partial charge on any atom is 0.148 e. The number of aryl methyl sites for hydroxylation is 1. The number of aromatic nitrogens is 3. The summed E-state index contributed by atoms with van der Waals surface area (Å²) >= 11 is 0.